The summed E-state index contributed by atoms with van der Waals surface area (Å²) in [7, 11) is 3.05. The first-order valence-corrected chi connectivity index (χ1v) is 11.0. The molecule has 0 saturated carbocycles. The van der Waals surface area contributed by atoms with Crippen LogP contribution in [0.2, 0.25) is 0 Å². The average Bonchev–Trinajstić information content (AvgIpc) is 3.05. The maximum Gasteiger partial charge on any atom is 0.293 e. The molecule has 2 amide bonds. The number of carbonyl (C=O) groups is 2. The number of rotatable bonds is 9. The monoisotopic (exact) mass is 517 g/mol. The van der Waals surface area contributed by atoms with Crippen LogP contribution in [0.15, 0.2) is 45.8 Å². The van der Waals surface area contributed by atoms with Gasteiger partial charge in [0.05, 0.1) is 30.1 Å². The van der Waals surface area contributed by atoms with Gasteiger partial charge in [-0.2, -0.15) is 0 Å². The summed E-state index contributed by atoms with van der Waals surface area (Å²) in [6.45, 7) is 0.350. The summed E-state index contributed by atoms with van der Waals surface area (Å²) in [5, 5.41) is -0.357. The van der Waals surface area contributed by atoms with Crippen molar-refractivity contribution in [2.75, 3.05) is 34.0 Å². The molecule has 166 valence electrons. The van der Waals surface area contributed by atoms with Gasteiger partial charge >= 0.3 is 0 Å². The molecule has 9 heteroatoms. The van der Waals surface area contributed by atoms with E-state index in [0.717, 1.165) is 16.7 Å². The van der Waals surface area contributed by atoms with Crippen molar-refractivity contribution in [2.24, 2.45) is 0 Å². The molecule has 1 aliphatic heterocycles. The third-order valence-corrected chi connectivity index (χ3v) is 5.86. The van der Waals surface area contributed by atoms with Crippen LogP contribution in [0, 0.1) is 12.3 Å². The van der Waals surface area contributed by atoms with E-state index in [4.69, 9.17) is 25.4 Å². The van der Waals surface area contributed by atoms with Crippen molar-refractivity contribution in [1.82, 2.24) is 4.90 Å². The summed E-state index contributed by atoms with van der Waals surface area (Å²) in [6, 6.07) is 10.6. The van der Waals surface area contributed by atoms with E-state index in [1.807, 2.05) is 12.1 Å². The Kier molecular flexibility index (Phi) is 8.09. The molecule has 0 aliphatic carbocycles. The number of imide groups is 1. The van der Waals surface area contributed by atoms with Gasteiger partial charge in [-0.3, -0.25) is 14.5 Å². The molecule has 1 fully saturated rings. The second-order valence-electron chi connectivity index (χ2n) is 6.36. The topological polar surface area (TPSA) is 74.3 Å². The highest BCUT2D eigenvalue weighted by Crippen LogP contribution is 2.39. The third kappa shape index (κ3) is 5.39. The zero-order valence-corrected chi connectivity index (χ0v) is 19.8. The van der Waals surface area contributed by atoms with Crippen molar-refractivity contribution in [2.45, 2.75) is 0 Å². The quantitative estimate of drug-likeness (QED) is 0.355. The minimum Gasteiger partial charge on any atom is -0.493 e. The van der Waals surface area contributed by atoms with Crippen molar-refractivity contribution in [3.63, 3.8) is 0 Å². The van der Waals surface area contributed by atoms with Crippen LogP contribution < -0.4 is 18.9 Å². The van der Waals surface area contributed by atoms with Crippen LogP contribution in [-0.4, -0.2) is 50.0 Å². The number of hydrogen-bond donors (Lipinski definition) is 0. The summed E-state index contributed by atoms with van der Waals surface area (Å²) < 4.78 is 22.4. The second-order valence-corrected chi connectivity index (χ2v) is 8.21. The van der Waals surface area contributed by atoms with Crippen molar-refractivity contribution in [3.05, 3.63) is 51.3 Å². The highest BCUT2D eigenvalue weighted by molar-refractivity contribution is 9.10. The summed E-state index contributed by atoms with van der Waals surface area (Å²) in [5.41, 5.74) is 0.664. The minimum absolute atomic E-state index is 0.0874. The lowest BCUT2D eigenvalue weighted by atomic mass is 10.2. The van der Waals surface area contributed by atoms with Gasteiger partial charge in [0.25, 0.3) is 11.1 Å². The number of ether oxygens (including phenoxy) is 4. The first-order valence-electron chi connectivity index (χ1n) is 9.43. The molecule has 1 saturated heterocycles. The molecular weight excluding hydrogens is 498 g/mol. The van der Waals surface area contributed by atoms with Crippen LogP contribution >= 0.6 is 27.7 Å². The first kappa shape index (κ1) is 23.6. The van der Waals surface area contributed by atoms with E-state index in [9.17, 15) is 9.59 Å². The van der Waals surface area contributed by atoms with Gasteiger partial charge in [0.15, 0.2) is 23.0 Å². The molecule has 1 aliphatic rings. The highest BCUT2D eigenvalue weighted by atomic mass is 79.9. The number of benzene rings is 2. The maximum atomic E-state index is 12.8. The predicted molar refractivity (Wildman–Crippen MR) is 126 cm³/mol. The largest absolute Gasteiger partial charge is 0.493 e. The van der Waals surface area contributed by atoms with Crippen LogP contribution in [0.25, 0.3) is 6.08 Å². The smallest absolute Gasteiger partial charge is 0.293 e. The number of hydrogen-bond acceptors (Lipinski definition) is 7. The highest BCUT2D eigenvalue weighted by Gasteiger charge is 2.35. The molecule has 0 radical (unpaired) electrons. The number of halogens is 1. The molecule has 0 unspecified atom stereocenters. The molecule has 0 spiro atoms. The zero-order valence-electron chi connectivity index (χ0n) is 17.4. The first-order chi connectivity index (χ1) is 15.5. The van der Waals surface area contributed by atoms with Crippen LogP contribution in [0.3, 0.4) is 0 Å². The standard InChI is InChI=1S/C23H20BrNO6S/c1-4-10-31-21-16(24)12-15(13-19(21)29-3)14-20-22(26)25(23(27)32-20)9-11-30-18-8-6-5-7-17(18)28-2/h1,5-8,12-14H,9-11H2,2-3H3/b20-14-. The van der Waals surface area contributed by atoms with E-state index in [2.05, 4.69) is 21.9 Å². The molecule has 32 heavy (non-hydrogen) atoms. The normalized spacial score (nSPS) is 14.4. The Hall–Kier alpha value is -3.09. The van der Waals surface area contributed by atoms with E-state index in [1.165, 1.54) is 7.11 Å². The molecule has 1 heterocycles. The fourth-order valence-electron chi connectivity index (χ4n) is 2.91. The van der Waals surface area contributed by atoms with Crippen molar-refractivity contribution in [1.29, 1.82) is 0 Å². The Bertz CT molecular complexity index is 1090. The second kappa shape index (κ2) is 11.0. The number of terminal acetylenes is 1. The lowest BCUT2D eigenvalue weighted by Gasteiger charge is -2.14. The van der Waals surface area contributed by atoms with Gasteiger partial charge in [0.2, 0.25) is 0 Å². The van der Waals surface area contributed by atoms with E-state index < -0.39 is 0 Å². The van der Waals surface area contributed by atoms with E-state index in [0.29, 0.717) is 37.9 Å². The van der Waals surface area contributed by atoms with Crippen molar-refractivity contribution < 1.29 is 28.5 Å². The van der Waals surface area contributed by atoms with Crippen LogP contribution in [0.1, 0.15) is 5.56 Å². The summed E-state index contributed by atoms with van der Waals surface area (Å²) in [4.78, 5) is 26.6. The van der Waals surface area contributed by atoms with E-state index in [-0.39, 0.29) is 30.9 Å². The van der Waals surface area contributed by atoms with Crippen molar-refractivity contribution >= 4 is 44.9 Å². The lowest BCUT2D eigenvalue weighted by molar-refractivity contribution is -0.123. The van der Waals surface area contributed by atoms with Crippen molar-refractivity contribution in [3.8, 4) is 35.3 Å². The Balaban J connectivity index is 1.71. The maximum absolute atomic E-state index is 12.8. The molecule has 7 nitrogen and oxygen atoms in total. The van der Waals surface area contributed by atoms with Crippen LogP contribution in [-0.2, 0) is 4.79 Å². The number of carbonyl (C=O) groups excluding carboxylic acids is 2. The minimum atomic E-state index is -0.383. The Labute approximate surface area is 198 Å². The summed E-state index contributed by atoms with van der Waals surface area (Å²) in [6.07, 6.45) is 6.88. The summed E-state index contributed by atoms with van der Waals surface area (Å²) in [5.74, 6) is 4.05. The third-order valence-electron chi connectivity index (χ3n) is 4.36. The SMILES string of the molecule is C#CCOc1c(Br)cc(/C=C2\SC(=O)N(CCOc3ccccc3OC)C2=O)cc1OC. The molecule has 0 aromatic heterocycles. The number of nitrogens with zero attached hydrogens (tertiary/aromatic N) is 1. The molecule has 0 atom stereocenters. The average molecular weight is 518 g/mol. The molecular formula is C23H20BrNO6S. The molecule has 2 aromatic carbocycles. The fraction of sp³-hybridized carbons (Fsp3) is 0.217. The molecule has 3 rings (SSSR count). The predicted octanol–water partition coefficient (Wildman–Crippen LogP) is 4.59. The Morgan fingerprint density at radius 1 is 1.09 bits per heavy atom. The molecule has 0 N–H and O–H groups in total. The number of methoxy groups -OCH3 is 2. The fourth-order valence-corrected chi connectivity index (χ4v) is 4.35. The van der Waals surface area contributed by atoms with E-state index >= 15 is 0 Å². The Morgan fingerprint density at radius 2 is 1.81 bits per heavy atom. The lowest BCUT2D eigenvalue weighted by Crippen LogP contribution is -2.32. The van der Waals surface area contributed by atoms with Crippen LogP contribution in [0.4, 0.5) is 4.79 Å². The molecule has 0 bridgehead atoms. The van der Waals surface area contributed by atoms with Gasteiger partial charge < -0.3 is 18.9 Å². The van der Waals surface area contributed by atoms with Gasteiger partial charge in [-0.1, -0.05) is 18.1 Å². The van der Waals surface area contributed by atoms with E-state index in [1.54, 1.807) is 37.5 Å². The number of para-hydroxylation sites is 2. The molecule has 2 aromatic rings. The number of amides is 2. The van der Waals surface area contributed by atoms with Gasteiger partial charge in [0.1, 0.15) is 13.2 Å². The van der Waals surface area contributed by atoms with Gasteiger partial charge in [-0.05, 0) is 63.6 Å². The number of thioether (sulfide) groups is 1. The summed E-state index contributed by atoms with van der Waals surface area (Å²) >= 11 is 4.30. The van der Waals surface area contributed by atoms with Gasteiger partial charge in [-0.15, -0.1) is 6.42 Å². The zero-order chi connectivity index (χ0) is 23.1. The van der Waals surface area contributed by atoms with Gasteiger partial charge in [0, 0.05) is 0 Å². The van der Waals surface area contributed by atoms with Gasteiger partial charge in [-0.25, -0.2) is 0 Å². The van der Waals surface area contributed by atoms with Crippen LogP contribution in [0.5, 0.6) is 23.0 Å². The Morgan fingerprint density at radius 3 is 2.50 bits per heavy atom.